The van der Waals surface area contributed by atoms with Crippen LogP contribution in [0.1, 0.15) is 15.9 Å². The molecule has 1 amide bonds. The summed E-state index contributed by atoms with van der Waals surface area (Å²) in [7, 11) is 3.85. The van der Waals surface area contributed by atoms with Gasteiger partial charge in [-0.25, -0.2) is 4.98 Å². The molecule has 0 saturated carbocycles. The molecule has 1 aliphatic heterocycles. The van der Waals surface area contributed by atoms with Crippen molar-refractivity contribution in [3.8, 4) is 11.5 Å². The maximum absolute atomic E-state index is 12.3. The average molecular weight is 313 g/mol. The van der Waals surface area contributed by atoms with E-state index in [9.17, 15) is 4.79 Å². The lowest BCUT2D eigenvalue weighted by atomic mass is 10.1. The molecular weight excluding hydrogens is 294 g/mol. The highest BCUT2D eigenvalue weighted by Crippen LogP contribution is 2.30. The second-order valence-corrected chi connectivity index (χ2v) is 5.42. The molecule has 2 heterocycles. The first-order chi connectivity index (χ1) is 11.1. The molecule has 1 aromatic carbocycles. The van der Waals surface area contributed by atoms with Crippen molar-refractivity contribution in [2.24, 2.45) is 0 Å². The Kier molecular flexibility index (Phi) is 4.32. The van der Waals surface area contributed by atoms with E-state index in [1.165, 1.54) is 0 Å². The number of ether oxygens (including phenoxy) is 2. The van der Waals surface area contributed by atoms with Crippen LogP contribution >= 0.6 is 0 Å². The van der Waals surface area contributed by atoms with Crippen LogP contribution in [0.15, 0.2) is 36.5 Å². The number of amides is 1. The van der Waals surface area contributed by atoms with Gasteiger partial charge < -0.3 is 19.7 Å². The zero-order chi connectivity index (χ0) is 16.2. The van der Waals surface area contributed by atoms with E-state index in [2.05, 4.69) is 10.3 Å². The maximum atomic E-state index is 12.3. The molecular formula is C17H19N3O3. The van der Waals surface area contributed by atoms with Gasteiger partial charge in [-0.3, -0.25) is 4.79 Å². The zero-order valence-electron chi connectivity index (χ0n) is 13.2. The molecule has 2 aromatic rings. The van der Waals surface area contributed by atoms with Crippen LogP contribution in [0.4, 0.5) is 5.82 Å². The van der Waals surface area contributed by atoms with Crippen molar-refractivity contribution in [1.29, 1.82) is 0 Å². The largest absolute Gasteiger partial charge is 0.486 e. The number of carbonyl (C=O) groups excluding carboxylic acids is 1. The first kappa shape index (κ1) is 15.1. The van der Waals surface area contributed by atoms with Crippen LogP contribution in [-0.2, 0) is 6.54 Å². The minimum absolute atomic E-state index is 0.157. The van der Waals surface area contributed by atoms with Gasteiger partial charge in [0.25, 0.3) is 5.91 Å². The molecule has 1 aromatic heterocycles. The van der Waals surface area contributed by atoms with Gasteiger partial charge in [-0.1, -0.05) is 6.07 Å². The molecule has 1 aliphatic rings. The fourth-order valence-corrected chi connectivity index (χ4v) is 2.43. The maximum Gasteiger partial charge on any atom is 0.251 e. The number of carbonyl (C=O) groups is 1. The quantitative estimate of drug-likeness (QED) is 0.933. The average Bonchev–Trinajstić information content (AvgIpc) is 2.59. The summed E-state index contributed by atoms with van der Waals surface area (Å²) in [4.78, 5) is 18.6. The molecule has 0 radical (unpaired) electrons. The van der Waals surface area contributed by atoms with E-state index in [-0.39, 0.29) is 5.91 Å². The molecule has 3 rings (SSSR count). The van der Waals surface area contributed by atoms with Crippen LogP contribution in [0.25, 0.3) is 0 Å². The Labute approximate surface area is 135 Å². The fraction of sp³-hybridized carbons (Fsp3) is 0.294. The minimum atomic E-state index is -0.157. The van der Waals surface area contributed by atoms with E-state index in [4.69, 9.17) is 9.47 Å². The second kappa shape index (κ2) is 6.56. The molecule has 0 unspecified atom stereocenters. The first-order valence-electron chi connectivity index (χ1n) is 7.44. The molecule has 1 N–H and O–H groups in total. The first-order valence-corrected chi connectivity index (χ1v) is 7.44. The van der Waals surface area contributed by atoms with Gasteiger partial charge in [0.2, 0.25) is 0 Å². The van der Waals surface area contributed by atoms with Crippen molar-refractivity contribution in [2.45, 2.75) is 6.54 Å². The molecule has 0 fully saturated rings. The van der Waals surface area contributed by atoms with Crippen molar-refractivity contribution in [1.82, 2.24) is 10.3 Å². The highest BCUT2D eigenvalue weighted by molar-refractivity contribution is 5.94. The molecule has 120 valence electrons. The Bertz CT molecular complexity index is 716. The molecule has 0 saturated heterocycles. The van der Waals surface area contributed by atoms with Crippen LogP contribution < -0.4 is 19.7 Å². The number of aromatic nitrogens is 1. The summed E-state index contributed by atoms with van der Waals surface area (Å²) < 4.78 is 11.0. The predicted octanol–water partition coefficient (Wildman–Crippen LogP) is 1.85. The van der Waals surface area contributed by atoms with E-state index in [1.54, 1.807) is 24.4 Å². The van der Waals surface area contributed by atoms with Crippen LogP contribution in [0, 0.1) is 0 Å². The van der Waals surface area contributed by atoms with Gasteiger partial charge in [0.05, 0.1) is 0 Å². The lowest BCUT2D eigenvalue weighted by molar-refractivity contribution is 0.0949. The van der Waals surface area contributed by atoms with Crippen molar-refractivity contribution in [2.75, 3.05) is 32.2 Å². The molecule has 23 heavy (non-hydrogen) atoms. The number of hydrogen-bond donors (Lipinski definition) is 1. The Morgan fingerprint density at radius 1 is 1.22 bits per heavy atom. The topological polar surface area (TPSA) is 63.7 Å². The summed E-state index contributed by atoms with van der Waals surface area (Å²) in [5.74, 6) is 1.97. The van der Waals surface area contributed by atoms with Gasteiger partial charge >= 0.3 is 0 Å². The predicted molar refractivity (Wildman–Crippen MR) is 87.2 cm³/mol. The van der Waals surface area contributed by atoms with Crippen molar-refractivity contribution in [3.05, 3.63) is 47.7 Å². The van der Waals surface area contributed by atoms with Gasteiger partial charge in [0, 0.05) is 38.0 Å². The summed E-state index contributed by atoms with van der Waals surface area (Å²) in [5.41, 5.74) is 1.51. The monoisotopic (exact) mass is 313 g/mol. The molecule has 6 nitrogen and oxygen atoms in total. The third kappa shape index (κ3) is 3.36. The lowest BCUT2D eigenvalue weighted by Gasteiger charge is -2.19. The number of rotatable bonds is 4. The van der Waals surface area contributed by atoms with Gasteiger partial charge in [-0.05, 0) is 24.3 Å². The number of pyridine rings is 1. The van der Waals surface area contributed by atoms with Gasteiger partial charge in [0.15, 0.2) is 11.5 Å². The molecule has 0 bridgehead atoms. The Morgan fingerprint density at radius 3 is 2.78 bits per heavy atom. The van der Waals surface area contributed by atoms with E-state index >= 15 is 0 Å². The van der Waals surface area contributed by atoms with Crippen LogP contribution in [0.5, 0.6) is 11.5 Å². The van der Waals surface area contributed by atoms with E-state index in [0.717, 1.165) is 11.4 Å². The van der Waals surface area contributed by atoms with E-state index in [0.29, 0.717) is 36.8 Å². The Balaban J connectivity index is 1.70. The lowest BCUT2D eigenvalue weighted by Crippen LogP contribution is -2.25. The number of hydrogen-bond acceptors (Lipinski definition) is 5. The molecule has 0 aliphatic carbocycles. The summed E-state index contributed by atoms with van der Waals surface area (Å²) in [5, 5.41) is 2.92. The smallest absolute Gasteiger partial charge is 0.251 e. The van der Waals surface area contributed by atoms with Crippen LogP contribution in [0.3, 0.4) is 0 Å². The number of benzene rings is 1. The fourth-order valence-electron chi connectivity index (χ4n) is 2.43. The standard InChI is InChI=1S/C17H19N3O3/c1-20(2)16-13(4-3-7-18-16)11-19-17(21)12-5-6-14-15(10-12)23-9-8-22-14/h3-7,10H,8-9,11H2,1-2H3,(H,19,21). The third-order valence-electron chi connectivity index (χ3n) is 3.53. The summed E-state index contributed by atoms with van der Waals surface area (Å²) in [6.45, 7) is 1.45. The SMILES string of the molecule is CN(C)c1ncccc1CNC(=O)c1ccc2c(c1)OCCO2. The van der Waals surface area contributed by atoms with Crippen molar-refractivity contribution >= 4 is 11.7 Å². The minimum Gasteiger partial charge on any atom is -0.486 e. The third-order valence-corrected chi connectivity index (χ3v) is 3.53. The molecule has 0 atom stereocenters. The van der Waals surface area contributed by atoms with Gasteiger partial charge in [0.1, 0.15) is 19.0 Å². The number of nitrogens with zero attached hydrogens (tertiary/aromatic N) is 2. The van der Waals surface area contributed by atoms with E-state index in [1.807, 2.05) is 31.1 Å². The summed E-state index contributed by atoms with van der Waals surface area (Å²) in [6.07, 6.45) is 1.74. The highest BCUT2D eigenvalue weighted by atomic mass is 16.6. The summed E-state index contributed by atoms with van der Waals surface area (Å²) in [6, 6.07) is 9.02. The number of nitrogens with one attached hydrogen (secondary N) is 1. The number of fused-ring (bicyclic) bond motifs is 1. The molecule has 0 spiro atoms. The highest BCUT2D eigenvalue weighted by Gasteiger charge is 2.15. The van der Waals surface area contributed by atoms with Gasteiger partial charge in [-0.15, -0.1) is 0 Å². The van der Waals surface area contributed by atoms with Crippen molar-refractivity contribution < 1.29 is 14.3 Å². The zero-order valence-corrected chi connectivity index (χ0v) is 13.2. The van der Waals surface area contributed by atoms with Crippen LogP contribution in [-0.4, -0.2) is 38.2 Å². The molecule has 6 heteroatoms. The second-order valence-electron chi connectivity index (χ2n) is 5.42. The Hall–Kier alpha value is -2.76. The van der Waals surface area contributed by atoms with Gasteiger partial charge in [-0.2, -0.15) is 0 Å². The van der Waals surface area contributed by atoms with Crippen molar-refractivity contribution in [3.63, 3.8) is 0 Å². The van der Waals surface area contributed by atoms with E-state index < -0.39 is 0 Å². The Morgan fingerprint density at radius 2 is 2.00 bits per heavy atom. The summed E-state index contributed by atoms with van der Waals surface area (Å²) >= 11 is 0. The van der Waals surface area contributed by atoms with Crippen LogP contribution in [0.2, 0.25) is 0 Å². The number of anilines is 1. The normalized spacial score (nSPS) is 12.6.